The Balaban J connectivity index is 1.61. The Bertz CT molecular complexity index is 377. The zero-order chi connectivity index (χ0) is 13.5. The van der Waals surface area contributed by atoms with Gasteiger partial charge in [0.15, 0.2) is 0 Å². The molecule has 2 nitrogen and oxygen atoms in total. The van der Waals surface area contributed by atoms with Crippen molar-refractivity contribution in [1.82, 2.24) is 5.32 Å². The SMILES string of the molecule is CC(Cc1ccccc1F)NCCOC1CCCC1. The largest absolute Gasteiger partial charge is 0.377 e. The minimum Gasteiger partial charge on any atom is -0.377 e. The number of hydrogen-bond donors (Lipinski definition) is 1. The third kappa shape index (κ3) is 4.92. The van der Waals surface area contributed by atoms with Crippen LogP contribution in [0.15, 0.2) is 24.3 Å². The molecule has 0 spiro atoms. The number of halogens is 1. The first kappa shape index (κ1) is 14.5. The van der Waals surface area contributed by atoms with E-state index < -0.39 is 0 Å². The van der Waals surface area contributed by atoms with Gasteiger partial charge in [0.05, 0.1) is 12.7 Å². The predicted molar refractivity (Wildman–Crippen MR) is 75.8 cm³/mol. The summed E-state index contributed by atoms with van der Waals surface area (Å²) in [5.41, 5.74) is 0.777. The van der Waals surface area contributed by atoms with Gasteiger partial charge in [-0.2, -0.15) is 0 Å². The summed E-state index contributed by atoms with van der Waals surface area (Å²) in [7, 11) is 0. The van der Waals surface area contributed by atoms with Crippen LogP contribution in [-0.2, 0) is 11.2 Å². The molecule has 1 fully saturated rings. The smallest absolute Gasteiger partial charge is 0.126 e. The molecule has 106 valence electrons. The fourth-order valence-corrected chi connectivity index (χ4v) is 2.65. The van der Waals surface area contributed by atoms with Crippen LogP contribution >= 0.6 is 0 Å². The lowest BCUT2D eigenvalue weighted by Crippen LogP contribution is -2.32. The Kier molecular flexibility index (Phi) is 5.80. The quantitative estimate of drug-likeness (QED) is 0.764. The van der Waals surface area contributed by atoms with Gasteiger partial charge >= 0.3 is 0 Å². The molecule has 1 saturated carbocycles. The van der Waals surface area contributed by atoms with Gasteiger partial charge in [0, 0.05) is 12.6 Å². The van der Waals surface area contributed by atoms with E-state index in [1.807, 2.05) is 12.1 Å². The molecule has 0 bridgehead atoms. The summed E-state index contributed by atoms with van der Waals surface area (Å²) in [6.07, 6.45) is 6.23. The van der Waals surface area contributed by atoms with Crippen molar-refractivity contribution >= 4 is 0 Å². The Hall–Kier alpha value is -0.930. The molecule has 1 unspecified atom stereocenters. The summed E-state index contributed by atoms with van der Waals surface area (Å²) in [5.74, 6) is -0.113. The first-order chi connectivity index (χ1) is 9.25. The third-order valence-electron chi connectivity index (χ3n) is 3.73. The van der Waals surface area contributed by atoms with Gasteiger partial charge in [-0.25, -0.2) is 4.39 Å². The average Bonchev–Trinajstić information content (AvgIpc) is 2.91. The van der Waals surface area contributed by atoms with Crippen molar-refractivity contribution in [2.45, 2.75) is 51.2 Å². The summed E-state index contributed by atoms with van der Waals surface area (Å²) in [6, 6.07) is 7.25. The first-order valence-electron chi connectivity index (χ1n) is 7.34. The van der Waals surface area contributed by atoms with Gasteiger partial charge in [-0.15, -0.1) is 0 Å². The number of hydrogen-bond acceptors (Lipinski definition) is 2. The second-order valence-electron chi connectivity index (χ2n) is 5.43. The number of benzene rings is 1. The molecule has 2 rings (SSSR count). The van der Waals surface area contributed by atoms with Crippen molar-refractivity contribution < 1.29 is 9.13 Å². The molecule has 0 aromatic heterocycles. The molecule has 0 amide bonds. The number of nitrogens with one attached hydrogen (secondary N) is 1. The highest BCUT2D eigenvalue weighted by molar-refractivity contribution is 5.18. The molecule has 0 aliphatic heterocycles. The van der Waals surface area contributed by atoms with Crippen molar-refractivity contribution in [3.8, 4) is 0 Å². The molecule has 0 heterocycles. The summed E-state index contributed by atoms with van der Waals surface area (Å²) in [5, 5.41) is 3.39. The van der Waals surface area contributed by atoms with Gasteiger partial charge in [-0.1, -0.05) is 31.0 Å². The Labute approximate surface area is 115 Å². The normalized spacial score (nSPS) is 17.8. The van der Waals surface area contributed by atoms with E-state index in [0.29, 0.717) is 6.10 Å². The van der Waals surface area contributed by atoms with E-state index in [9.17, 15) is 4.39 Å². The van der Waals surface area contributed by atoms with Crippen LogP contribution in [0.3, 0.4) is 0 Å². The van der Waals surface area contributed by atoms with Crippen molar-refractivity contribution in [2.75, 3.05) is 13.2 Å². The van der Waals surface area contributed by atoms with E-state index in [1.165, 1.54) is 31.7 Å². The summed E-state index contributed by atoms with van der Waals surface area (Å²) < 4.78 is 19.3. The predicted octanol–water partition coefficient (Wildman–Crippen LogP) is 3.31. The lowest BCUT2D eigenvalue weighted by molar-refractivity contribution is 0.0593. The zero-order valence-corrected chi connectivity index (χ0v) is 11.7. The van der Waals surface area contributed by atoms with Crippen LogP contribution < -0.4 is 5.32 Å². The molecule has 1 N–H and O–H groups in total. The van der Waals surface area contributed by atoms with Gasteiger partial charge in [-0.3, -0.25) is 0 Å². The lowest BCUT2D eigenvalue weighted by atomic mass is 10.1. The second kappa shape index (κ2) is 7.61. The summed E-state index contributed by atoms with van der Waals surface area (Å²) >= 11 is 0. The van der Waals surface area contributed by atoms with Crippen molar-refractivity contribution in [1.29, 1.82) is 0 Å². The maximum Gasteiger partial charge on any atom is 0.126 e. The zero-order valence-electron chi connectivity index (χ0n) is 11.7. The maximum absolute atomic E-state index is 13.5. The average molecular weight is 265 g/mol. The molecule has 3 heteroatoms. The highest BCUT2D eigenvalue weighted by atomic mass is 19.1. The van der Waals surface area contributed by atoms with E-state index >= 15 is 0 Å². The van der Waals surface area contributed by atoms with Crippen LogP contribution in [0.2, 0.25) is 0 Å². The van der Waals surface area contributed by atoms with Crippen molar-refractivity contribution in [2.24, 2.45) is 0 Å². The van der Waals surface area contributed by atoms with Crippen molar-refractivity contribution in [3.05, 3.63) is 35.6 Å². The van der Waals surface area contributed by atoms with E-state index in [4.69, 9.17) is 4.74 Å². The first-order valence-corrected chi connectivity index (χ1v) is 7.34. The summed E-state index contributed by atoms with van der Waals surface area (Å²) in [4.78, 5) is 0. The minimum atomic E-state index is -0.113. The third-order valence-corrected chi connectivity index (χ3v) is 3.73. The van der Waals surface area contributed by atoms with E-state index in [-0.39, 0.29) is 11.9 Å². The molecule has 1 atom stereocenters. The molecule has 1 aromatic carbocycles. The molecule has 0 radical (unpaired) electrons. The molecular formula is C16H24FNO. The Morgan fingerprint density at radius 3 is 2.79 bits per heavy atom. The fourth-order valence-electron chi connectivity index (χ4n) is 2.65. The van der Waals surface area contributed by atoms with E-state index in [2.05, 4.69) is 12.2 Å². The highest BCUT2D eigenvalue weighted by Crippen LogP contribution is 2.20. The molecule has 1 aromatic rings. The van der Waals surface area contributed by atoms with E-state index in [0.717, 1.165) is 25.1 Å². The second-order valence-corrected chi connectivity index (χ2v) is 5.43. The van der Waals surface area contributed by atoms with Gasteiger partial charge in [0.1, 0.15) is 5.82 Å². The van der Waals surface area contributed by atoms with Gasteiger partial charge < -0.3 is 10.1 Å². The number of ether oxygens (including phenoxy) is 1. The van der Waals surface area contributed by atoms with Crippen LogP contribution in [0, 0.1) is 5.82 Å². The topological polar surface area (TPSA) is 21.3 Å². The molecule has 19 heavy (non-hydrogen) atoms. The van der Waals surface area contributed by atoms with Crippen LogP contribution in [0.1, 0.15) is 38.2 Å². The van der Waals surface area contributed by atoms with E-state index in [1.54, 1.807) is 6.07 Å². The van der Waals surface area contributed by atoms with Gasteiger partial charge in [0.25, 0.3) is 0 Å². The van der Waals surface area contributed by atoms with Crippen molar-refractivity contribution in [3.63, 3.8) is 0 Å². The lowest BCUT2D eigenvalue weighted by Gasteiger charge is -2.16. The fraction of sp³-hybridized carbons (Fsp3) is 0.625. The van der Waals surface area contributed by atoms with Gasteiger partial charge in [-0.05, 0) is 37.8 Å². The Morgan fingerprint density at radius 1 is 1.32 bits per heavy atom. The van der Waals surface area contributed by atoms with Crippen LogP contribution in [-0.4, -0.2) is 25.3 Å². The van der Waals surface area contributed by atoms with Crippen LogP contribution in [0.4, 0.5) is 4.39 Å². The molecule has 1 aliphatic carbocycles. The maximum atomic E-state index is 13.5. The summed E-state index contributed by atoms with van der Waals surface area (Å²) in [6.45, 7) is 3.68. The molecular weight excluding hydrogens is 241 g/mol. The molecule has 0 saturated heterocycles. The van der Waals surface area contributed by atoms with Gasteiger partial charge in [0.2, 0.25) is 0 Å². The number of rotatable bonds is 7. The Morgan fingerprint density at radius 2 is 2.05 bits per heavy atom. The molecule has 1 aliphatic rings. The van der Waals surface area contributed by atoms with Crippen LogP contribution in [0.25, 0.3) is 0 Å². The highest BCUT2D eigenvalue weighted by Gasteiger charge is 2.14. The monoisotopic (exact) mass is 265 g/mol. The van der Waals surface area contributed by atoms with Crippen LogP contribution in [0.5, 0.6) is 0 Å². The standard InChI is InChI=1S/C16H24FNO/c1-13(12-14-6-2-5-9-16(14)17)18-10-11-19-15-7-3-4-8-15/h2,5-6,9,13,15,18H,3-4,7-8,10-12H2,1H3. The minimum absolute atomic E-state index is 0.113.